The summed E-state index contributed by atoms with van der Waals surface area (Å²) in [7, 11) is 0. The van der Waals surface area contributed by atoms with Crippen LogP contribution in [0.4, 0.5) is 0 Å². The van der Waals surface area contributed by atoms with E-state index >= 15 is 0 Å². The summed E-state index contributed by atoms with van der Waals surface area (Å²) in [6.07, 6.45) is 6.96. The van der Waals surface area contributed by atoms with Crippen LogP contribution < -0.4 is 0 Å². The van der Waals surface area contributed by atoms with E-state index in [1.165, 1.54) is 12.7 Å². The molecule has 0 heterocycles. The van der Waals surface area contributed by atoms with Crippen LogP contribution in [0, 0.1) is 29.6 Å². The first kappa shape index (κ1) is 8.03. The van der Waals surface area contributed by atoms with Gasteiger partial charge in [-0.15, -0.1) is 0 Å². The van der Waals surface area contributed by atoms with Gasteiger partial charge in [0, 0.05) is 5.92 Å². The normalized spacial score (nSPS) is 44.2. The molecule has 2 aliphatic carbocycles. The summed E-state index contributed by atoms with van der Waals surface area (Å²) in [4.78, 5) is 10.9. The number of hydrogen-bond acceptors (Lipinski definition) is 1. The summed E-state index contributed by atoms with van der Waals surface area (Å²) < 4.78 is 0. The Balaban J connectivity index is 2.22. The van der Waals surface area contributed by atoms with Crippen LogP contribution in [-0.4, -0.2) is 6.29 Å². The molecule has 0 unspecified atom stereocenters. The number of carbonyl (C=O) groups is 1. The van der Waals surface area contributed by atoms with Crippen molar-refractivity contribution in [2.75, 3.05) is 0 Å². The summed E-state index contributed by atoms with van der Waals surface area (Å²) in [5, 5.41) is 0. The lowest BCUT2D eigenvalue weighted by atomic mass is 9.77. The summed E-state index contributed by atoms with van der Waals surface area (Å²) >= 11 is 0. The van der Waals surface area contributed by atoms with Crippen LogP contribution in [0.2, 0.25) is 0 Å². The second-order valence-electron chi connectivity index (χ2n) is 4.48. The molecule has 0 aliphatic heterocycles. The monoisotopic (exact) mass is 164 g/mol. The fourth-order valence-electron chi connectivity index (χ4n) is 3.03. The highest BCUT2D eigenvalue weighted by molar-refractivity contribution is 5.57. The van der Waals surface area contributed by atoms with Crippen molar-refractivity contribution in [2.24, 2.45) is 29.6 Å². The van der Waals surface area contributed by atoms with E-state index in [1.54, 1.807) is 0 Å². The van der Waals surface area contributed by atoms with Crippen molar-refractivity contribution in [1.82, 2.24) is 0 Å². The lowest BCUT2D eigenvalue weighted by Gasteiger charge is -2.27. The molecule has 2 bridgehead atoms. The molecule has 1 fully saturated rings. The van der Waals surface area contributed by atoms with Gasteiger partial charge < -0.3 is 4.79 Å². The number of rotatable bonds is 2. The largest absolute Gasteiger partial charge is 0.303 e. The first-order valence-corrected chi connectivity index (χ1v) is 4.87. The van der Waals surface area contributed by atoms with Gasteiger partial charge in [0.25, 0.3) is 0 Å². The molecule has 0 saturated heterocycles. The van der Waals surface area contributed by atoms with Crippen LogP contribution in [0.3, 0.4) is 0 Å². The second-order valence-corrected chi connectivity index (χ2v) is 4.48. The van der Waals surface area contributed by atoms with E-state index in [4.69, 9.17) is 0 Å². The van der Waals surface area contributed by atoms with E-state index in [-0.39, 0.29) is 0 Å². The number of allylic oxidation sites excluding steroid dienone is 2. The molecule has 0 aromatic carbocycles. The maximum absolute atomic E-state index is 10.9. The van der Waals surface area contributed by atoms with Gasteiger partial charge >= 0.3 is 0 Å². The quantitative estimate of drug-likeness (QED) is 0.452. The first-order valence-electron chi connectivity index (χ1n) is 4.87. The number of carbonyl (C=O) groups excluding carboxylic acids is 1. The molecule has 0 radical (unpaired) electrons. The maximum Gasteiger partial charge on any atom is 0.123 e. The van der Waals surface area contributed by atoms with Gasteiger partial charge in [0.2, 0.25) is 0 Å². The van der Waals surface area contributed by atoms with Gasteiger partial charge in [0.15, 0.2) is 0 Å². The SMILES string of the molecule is CC(C)[C@H]1[C@H](C=O)[C@@H]2C=C[C@H]1C2. The Bertz CT molecular complexity index is 217. The lowest BCUT2D eigenvalue weighted by Crippen LogP contribution is -2.25. The van der Waals surface area contributed by atoms with Crippen molar-refractivity contribution in [3.63, 3.8) is 0 Å². The van der Waals surface area contributed by atoms with Crippen LogP contribution in [-0.2, 0) is 4.79 Å². The zero-order valence-corrected chi connectivity index (χ0v) is 7.73. The fraction of sp³-hybridized carbons (Fsp3) is 0.727. The Morgan fingerprint density at radius 2 is 2.00 bits per heavy atom. The second kappa shape index (κ2) is 2.72. The predicted molar refractivity (Wildman–Crippen MR) is 48.6 cm³/mol. The molecule has 1 saturated carbocycles. The first-order chi connectivity index (χ1) is 5.74. The Kier molecular flexibility index (Phi) is 1.82. The molecule has 2 aliphatic rings. The minimum absolute atomic E-state index is 0.319. The van der Waals surface area contributed by atoms with Crippen molar-refractivity contribution in [3.8, 4) is 0 Å². The molecule has 1 nitrogen and oxygen atoms in total. The molecule has 1 heteroatoms. The van der Waals surface area contributed by atoms with Gasteiger partial charge in [-0.05, 0) is 30.1 Å². The topological polar surface area (TPSA) is 17.1 Å². The minimum atomic E-state index is 0.319. The molecular formula is C11H16O. The molecule has 12 heavy (non-hydrogen) atoms. The minimum Gasteiger partial charge on any atom is -0.303 e. The van der Waals surface area contributed by atoms with E-state index in [0.29, 0.717) is 29.6 Å². The van der Waals surface area contributed by atoms with Gasteiger partial charge in [-0.25, -0.2) is 0 Å². The Morgan fingerprint density at radius 1 is 1.33 bits per heavy atom. The molecule has 0 aromatic rings. The summed E-state index contributed by atoms with van der Waals surface area (Å²) in [5.74, 6) is 2.86. The van der Waals surface area contributed by atoms with Crippen LogP contribution in [0.25, 0.3) is 0 Å². The van der Waals surface area contributed by atoms with Gasteiger partial charge in [-0.1, -0.05) is 26.0 Å². The average Bonchev–Trinajstić information content (AvgIpc) is 2.60. The molecule has 66 valence electrons. The Hall–Kier alpha value is -0.590. The molecule has 4 atom stereocenters. The maximum atomic E-state index is 10.9. The third-order valence-electron chi connectivity index (χ3n) is 3.51. The Morgan fingerprint density at radius 3 is 2.50 bits per heavy atom. The van der Waals surface area contributed by atoms with Crippen molar-refractivity contribution >= 4 is 6.29 Å². The van der Waals surface area contributed by atoms with Crippen molar-refractivity contribution in [2.45, 2.75) is 20.3 Å². The summed E-state index contributed by atoms with van der Waals surface area (Å²) in [6.45, 7) is 4.46. The molecular weight excluding hydrogens is 148 g/mol. The van der Waals surface area contributed by atoms with E-state index in [1.807, 2.05) is 0 Å². The molecule has 0 spiro atoms. The number of aldehydes is 1. The van der Waals surface area contributed by atoms with E-state index in [0.717, 1.165) is 0 Å². The zero-order valence-electron chi connectivity index (χ0n) is 7.73. The van der Waals surface area contributed by atoms with Gasteiger partial charge in [0.1, 0.15) is 6.29 Å². The highest BCUT2D eigenvalue weighted by Gasteiger charge is 2.45. The van der Waals surface area contributed by atoms with Crippen molar-refractivity contribution in [1.29, 1.82) is 0 Å². The summed E-state index contributed by atoms with van der Waals surface area (Å²) in [5.41, 5.74) is 0. The molecule has 0 aromatic heterocycles. The fourth-order valence-corrected chi connectivity index (χ4v) is 3.03. The standard InChI is InChI=1S/C11H16O/c1-7(2)11-9-4-3-8(5-9)10(11)6-12/h3-4,6-11H,5H2,1-2H3/t8-,9+,10-,11-/m1/s1. The van der Waals surface area contributed by atoms with Gasteiger partial charge in [-0.3, -0.25) is 0 Å². The zero-order chi connectivity index (χ0) is 8.72. The third-order valence-corrected chi connectivity index (χ3v) is 3.51. The van der Waals surface area contributed by atoms with E-state index in [2.05, 4.69) is 26.0 Å². The van der Waals surface area contributed by atoms with E-state index in [9.17, 15) is 4.79 Å². The smallest absolute Gasteiger partial charge is 0.123 e. The third kappa shape index (κ3) is 0.954. The van der Waals surface area contributed by atoms with Gasteiger partial charge in [0.05, 0.1) is 0 Å². The average molecular weight is 164 g/mol. The molecule has 0 N–H and O–H groups in total. The van der Waals surface area contributed by atoms with Gasteiger partial charge in [-0.2, -0.15) is 0 Å². The van der Waals surface area contributed by atoms with Crippen LogP contribution in [0.15, 0.2) is 12.2 Å². The molecule has 2 rings (SSSR count). The summed E-state index contributed by atoms with van der Waals surface area (Å²) in [6, 6.07) is 0. The van der Waals surface area contributed by atoms with Crippen LogP contribution in [0.5, 0.6) is 0 Å². The predicted octanol–water partition coefficient (Wildman–Crippen LogP) is 2.28. The van der Waals surface area contributed by atoms with E-state index < -0.39 is 0 Å². The number of fused-ring (bicyclic) bond motifs is 2. The highest BCUT2D eigenvalue weighted by atomic mass is 16.1. The van der Waals surface area contributed by atoms with Crippen LogP contribution >= 0.6 is 0 Å². The van der Waals surface area contributed by atoms with Crippen molar-refractivity contribution in [3.05, 3.63) is 12.2 Å². The van der Waals surface area contributed by atoms with Crippen LogP contribution in [0.1, 0.15) is 20.3 Å². The Labute approximate surface area is 73.8 Å². The lowest BCUT2D eigenvalue weighted by molar-refractivity contribution is -0.113. The number of hydrogen-bond donors (Lipinski definition) is 0. The highest BCUT2D eigenvalue weighted by Crippen LogP contribution is 2.49. The van der Waals surface area contributed by atoms with Crippen molar-refractivity contribution < 1.29 is 4.79 Å². The molecule has 0 amide bonds.